The third-order valence-corrected chi connectivity index (χ3v) is 10.4. The van der Waals surface area contributed by atoms with Gasteiger partial charge < -0.3 is 9.90 Å². The summed E-state index contributed by atoms with van der Waals surface area (Å²) in [6.07, 6.45) is 15.7. The molecule has 0 aliphatic heterocycles. The second-order valence-corrected chi connectivity index (χ2v) is 11.1. The smallest absolute Gasteiger partial charge is 0.151 e. The number of fused-ring (bicyclic) bond motifs is 5. The summed E-state index contributed by atoms with van der Waals surface area (Å²) in [4.78, 5) is 11.3. The lowest BCUT2D eigenvalue weighted by molar-refractivity contribution is -0.121. The first kappa shape index (κ1) is 16.8. The van der Waals surface area contributed by atoms with E-state index in [9.17, 15) is 9.90 Å². The highest BCUT2D eigenvalue weighted by molar-refractivity contribution is 5.68. The lowest BCUT2D eigenvalue weighted by Gasteiger charge is -2.60. The number of carbonyl (C=O) groups is 1. The number of hydrogen-bond acceptors (Lipinski definition) is 2. The second kappa shape index (κ2) is 5.33. The molecular weight excluding hydrogens is 308 g/mol. The maximum atomic E-state index is 11.3. The van der Waals surface area contributed by atoms with Gasteiger partial charge >= 0.3 is 0 Å². The zero-order valence-corrected chi connectivity index (χ0v) is 16.2. The average molecular weight is 345 g/mol. The fraction of sp³-hybridized carbons (Fsp3) is 0.957. The van der Waals surface area contributed by atoms with Gasteiger partial charge in [-0.15, -0.1) is 0 Å². The van der Waals surface area contributed by atoms with Gasteiger partial charge in [0.15, 0.2) is 6.29 Å². The molecule has 0 heterocycles. The van der Waals surface area contributed by atoms with Gasteiger partial charge in [0.05, 0.1) is 0 Å². The van der Waals surface area contributed by atoms with Crippen LogP contribution in [0.15, 0.2) is 0 Å². The summed E-state index contributed by atoms with van der Waals surface area (Å²) in [7, 11) is 0. The van der Waals surface area contributed by atoms with Crippen molar-refractivity contribution in [2.45, 2.75) is 90.1 Å². The minimum Gasteiger partial charge on any atom is -0.382 e. The molecule has 0 aromatic carbocycles. The summed E-state index contributed by atoms with van der Waals surface area (Å²) in [5.41, 5.74) is 0.0350. The van der Waals surface area contributed by atoms with Crippen LogP contribution in [0.1, 0.15) is 84.5 Å². The van der Waals surface area contributed by atoms with Gasteiger partial charge in [0.1, 0.15) is 5.60 Å². The number of aldehydes is 1. The summed E-state index contributed by atoms with van der Waals surface area (Å²) in [6, 6.07) is 0. The van der Waals surface area contributed by atoms with Crippen LogP contribution in [0.25, 0.3) is 0 Å². The summed E-state index contributed by atoms with van der Waals surface area (Å²) in [5.74, 6) is 4.57. The van der Waals surface area contributed by atoms with Gasteiger partial charge in [-0.05, 0) is 98.2 Å². The Morgan fingerprint density at radius 1 is 0.800 bits per heavy atom. The van der Waals surface area contributed by atoms with Crippen LogP contribution in [0, 0.1) is 46.3 Å². The van der Waals surface area contributed by atoms with Crippen molar-refractivity contribution in [1.29, 1.82) is 0 Å². The molecule has 0 spiro atoms. The molecule has 0 amide bonds. The second-order valence-electron chi connectivity index (χ2n) is 11.1. The first-order valence-corrected chi connectivity index (χ1v) is 11.1. The molecule has 5 rings (SSSR count). The van der Waals surface area contributed by atoms with Crippen LogP contribution in [0.3, 0.4) is 0 Å². The van der Waals surface area contributed by atoms with Crippen molar-refractivity contribution in [3.8, 4) is 0 Å². The SMILES string of the molecule is C[C@]12CCCC[C@H]1CC[C@H]1[C@@H]2CC[C@@]2(C)[C@H](C3CC3(O)C=O)CC[C@@H]12. The highest BCUT2D eigenvalue weighted by atomic mass is 16.3. The molecular formula is C23H36O2. The van der Waals surface area contributed by atoms with Crippen molar-refractivity contribution in [3.05, 3.63) is 0 Å². The monoisotopic (exact) mass is 344 g/mol. The van der Waals surface area contributed by atoms with E-state index in [2.05, 4.69) is 13.8 Å². The maximum Gasteiger partial charge on any atom is 0.151 e. The van der Waals surface area contributed by atoms with Crippen LogP contribution >= 0.6 is 0 Å². The molecule has 2 heteroatoms. The van der Waals surface area contributed by atoms with Gasteiger partial charge in [0.25, 0.3) is 0 Å². The van der Waals surface area contributed by atoms with Gasteiger partial charge in [-0.3, -0.25) is 0 Å². The standard InChI is InChI=1S/C23H36O2/c1-21-11-4-3-5-15(21)6-7-16-17-8-9-19(20-13-23(20,25)14-24)22(17,2)12-10-18(16)21/h14-20,25H,3-13H2,1-2H3/t15-,16+,17-,18-,19-,20?,21-,22+,23?/m0/s1. The molecule has 140 valence electrons. The van der Waals surface area contributed by atoms with Gasteiger partial charge in [0.2, 0.25) is 0 Å². The Hall–Kier alpha value is -0.370. The van der Waals surface area contributed by atoms with Gasteiger partial charge in [-0.25, -0.2) is 0 Å². The number of rotatable bonds is 2. The zero-order chi connectivity index (χ0) is 17.4. The summed E-state index contributed by atoms with van der Waals surface area (Å²) < 4.78 is 0. The Bertz CT molecular complexity index is 572. The fourth-order valence-electron chi connectivity index (χ4n) is 8.92. The number of carbonyl (C=O) groups excluding carboxylic acids is 1. The van der Waals surface area contributed by atoms with Crippen LogP contribution in [-0.2, 0) is 4.79 Å². The van der Waals surface area contributed by atoms with Crippen LogP contribution in [0.4, 0.5) is 0 Å². The highest BCUT2D eigenvalue weighted by Crippen LogP contribution is 2.70. The Labute approximate surface area is 153 Å². The predicted octanol–water partition coefficient (Wildman–Crippen LogP) is 4.99. The van der Waals surface area contributed by atoms with Crippen LogP contribution < -0.4 is 0 Å². The van der Waals surface area contributed by atoms with Crippen molar-refractivity contribution < 1.29 is 9.90 Å². The molecule has 0 radical (unpaired) electrons. The third-order valence-electron chi connectivity index (χ3n) is 10.4. The van der Waals surface area contributed by atoms with E-state index in [4.69, 9.17) is 0 Å². The van der Waals surface area contributed by atoms with Crippen molar-refractivity contribution in [1.82, 2.24) is 0 Å². The normalized spacial score (nSPS) is 60.3. The highest BCUT2D eigenvalue weighted by Gasteiger charge is 2.66. The van der Waals surface area contributed by atoms with E-state index in [1.807, 2.05) is 0 Å². The minimum absolute atomic E-state index is 0.262. The molecule has 25 heavy (non-hydrogen) atoms. The molecule has 5 aliphatic carbocycles. The van der Waals surface area contributed by atoms with E-state index >= 15 is 0 Å². The molecule has 5 saturated carbocycles. The molecule has 5 fully saturated rings. The Morgan fingerprint density at radius 2 is 1.56 bits per heavy atom. The third kappa shape index (κ3) is 2.15. The molecule has 5 aliphatic rings. The van der Waals surface area contributed by atoms with Crippen molar-refractivity contribution in [2.75, 3.05) is 0 Å². The van der Waals surface area contributed by atoms with Crippen molar-refractivity contribution in [3.63, 3.8) is 0 Å². The largest absolute Gasteiger partial charge is 0.382 e. The quantitative estimate of drug-likeness (QED) is 0.717. The van der Waals surface area contributed by atoms with Gasteiger partial charge in [-0.1, -0.05) is 26.7 Å². The zero-order valence-electron chi connectivity index (χ0n) is 16.2. The average Bonchev–Trinajstić information content (AvgIpc) is 3.14. The number of aliphatic hydroxyl groups is 1. The number of hydrogen-bond donors (Lipinski definition) is 1. The summed E-state index contributed by atoms with van der Waals surface area (Å²) in [6.45, 7) is 5.18. The Morgan fingerprint density at radius 3 is 2.32 bits per heavy atom. The van der Waals surface area contributed by atoms with Gasteiger partial charge in [0, 0.05) is 5.92 Å². The van der Waals surface area contributed by atoms with Crippen LogP contribution in [0.2, 0.25) is 0 Å². The lowest BCUT2D eigenvalue weighted by atomic mass is 9.44. The van der Waals surface area contributed by atoms with Crippen LogP contribution in [-0.4, -0.2) is 17.0 Å². The molecule has 9 atom stereocenters. The summed E-state index contributed by atoms with van der Waals surface area (Å²) >= 11 is 0. The molecule has 2 unspecified atom stereocenters. The van der Waals surface area contributed by atoms with Crippen LogP contribution in [0.5, 0.6) is 0 Å². The van der Waals surface area contributed by atoms with E-state index in [-0.39, 0.29) is 5.92 Å². The minimum atomic E-state index is -0.966. The first-order valence-electron chi connectivity index (χ1n) is 11.1. The Kier molecular flexibility index (Phi) is 3.58. The predicted molar refractivity (Wildman–Crippen MR) is 99.0 cm³/mol. The molecule has 0 saturated heterocycles. The maximum absolute atomic E-state index is 11.3. The summed E-state index contributed by atoms with van der Waals surface area (Å²) in [5, 5.41) is 10.4. The Balaban J connectivity index is 1.41. The van der Waals surface area contributed by atoms with E-state index in [1.54, 1.807) is 0 Å². The molecule has 2 nitrogen and oxygen atoms in total. The first-order chi connectivity index (χ1) is 11.9. The molecule has 0 bridgehead atoms. The topological polar surface area (TPSA) is 37.3 Å². The van der Waals surface area contributed by atoms with Gasteiger partial charge in [-0.2, -0.15) is 0 Å². The van der Waals surface area contributed by atoms with E-state index in [0.29, 0.717) is 16.7 Å². The van der Waals surface area contributed by atoms with E-state index in [0.717, 1.165) is 36.4 Å². The van der Waals surface area contributed by atoms with E-state index < -0.39 is 5.60 Å². The van der Waals surface area contributed by atoms with E-state index in [1.165, 1.54) is 64.2 Å². The molecule has 0 aromatic heterocycles. The molecule has 0 aromatic rings. The van der Waals surface area contributed by atoms with Crippen molar-refractivity contribution in [2.24, 2.45) is 46.3 Å². The van der Waals surface area contributed by atoms with Crippen molar-refractivity contribution >= 4 is 6.29 Å². The molecule has 1 N–H and O–H groups in total. The lowest BCUT2D eigenvalue weighted by Crippen LogP contribution is -2.53. The fourth-order valence-corrected chi connectivity index (χ4v) is 8.92.